The summed E-state index contributed by atoms with van der Waals surface area (Å²) >= 11 is 1.99. The highest BCUT2D eigenvalue weighted by Crippen LogP contribution is 2.31. The number of carbonyl (C=O) groups is 1. The summed E-state index contributed by atoms with van der Waals surface area (Å²) in [6, 6.07) is 0. The largest absolute Gasteiger partial charge is 0.340 e. The lowest BCUT2D eigenvalue weighted by molar-refractivity contribution is -0.132. The van der Waals surface area contributed by atoms with Gasteiger partial charge in [0.1, 0.15) is 0 Å². The van der Waals surface area contributed by atoms with Crippen LogP contribution >= 0.6 is 24.2 Å². The van der Waals surface area contributed by atoms with Crippen LogP contribution in [0.2, 0.25) is 0 Å². The second-order valence-corrected chi connectivity index (χ2v) is 8.49. The van der Waals surface area contributed by atoms with Crippen LogP contribution < -0.4 is 5.32 Å². The third-order valence-corrected chi connectivity index (χ3v) is 5.76. The summed E-state index contributed by atoms with van der Waals surface area (Å²) in [5, 5.41) is 3.40. The maximum atomic E-state index is 12.4. The van der Waals surface area contributed by atoms with Crippen molar-refractivity contribution in [3.8, 4) is 0 Å². The quantitative estimate of drug-likeness (QED) is 0.868. The van der Waals surface area contributed by atoms with Crippen LogP contribution in [-0.4, -0.2) is 47.5 Å². The van der Waals surface area contributed by atoms with Crippen LogP contribution in [0.3, 0.4) is 0 Å². The van der Waals surface area contributed by atoms with Crippen LogP contribution in [-0.2, 0) is 4.79 Å². The third-order valence-electron chi connectivity index (χ3n) is 4.46. The second kappa shape index (κ2) is 7.90. The number of piperidine rings is 1. The normalized spacial score (nSPS) is 24.9. The number of nitrogens with zero attached hydrogens (tertiary/aromatic N) is 1. The van der Waals surface area contributed by atoms with E-state index in [4.69, 9.17) is 0 Å². The molecular formula is C15H29ClN2OS. The maximum absolute atomic E-state index is 12.4. The molecule has 0 aromatic rings. The molecule has 0 aromatic heterocycles. The summed E-state index contributed by atoms with van der Waals surface area (Å²) in [5.74, 6) is 2.73. The average molecular weight is 321 g/mol. The summed E-state index contributed by atoms with van der Waals surface area (Å²) in [6.07, 6.45) is 3.21. The van der Waals surface area contributed by atoms with Gasteiger partial charge < -0.3 is 10.2 Å². The molecular weight excluding hydrogens is 292 g/mol. The Balaban J connectivity index is 0.00000200. The zero-order valence-electron chi connectivity index (χ0n) is 13.0. The van der Waals surface area contributed by atoms with E-state index in [-0.39, 0.29) is 17.2 Å². The van der Waals surface area contributed by atoms with Gasteiger partial charge in [0.2, 0.25) is 5.91 Å². The molecule has 2 fully saturated rings. The van der Waals surface area contributed by atoms with Crippen molar-refractivity contribution in [2.45, 2.75) is 44.8 Å². The van der Waals surface area contributed by atoms with E-state index in [1.54, 1.807) is 0 Å². The third kappa shape index (κ3) is 5.12. The predicted molar refractivity (Wildman–Crippen MR) is 89.7 cm³/mol. The molecule has 0 radical (unpaired) electrons. The lowest BCUT2D eigenvalue weighted by Gasteiger charge is -2.38. The van der Waals surface area contributed by atoms with Crippen LogP contribution in [0.4, 0.5) is 0 Å². The molecule has 1 unspecified atom stereocenters. The molecule has 2 aliphatic heterocycles. The van der Waals surface area contributed by atoms with Crippen molar-refractivity contribution in [2.24, 2.45) is 11.8 Å². The molecule has 1 N–H and O–H groups in total. The lowest BCUT2D eigenvalue weighted by Crippen LogP contribution is -2.46. The number of thioether (sulfide) groups is 1. The van der Waals surface area contributed by atoms with Crippen LogP contribution in [0.5, 0.6) is 0 Å². The molecule has 1 amide bonds. The molecule has 2 saturated heterocycles. The Morgan fingerprint density at radius 1 is 1.40 bits per heavy atom. The molecule has 0 aliphatic carbocycles. The minimum Gasteiger partial charge on any atom is -0.340 e. The van der Waals surface area contributed by atoms with Crippen molar-refractivity contribution in [3.63, 3.8) is 0 Å². The van der Waals surface area contributed by atoms with Crippen LogP contribution in [0, 0.1) is 11.8 Å². The molecule has 2 rings (SSSR count). The van der Waals surface area contributed by atoms with Gasteiger partial charge in [-0.3, -0.25) is 4.79 Å². The number of amides is 1. The lowest BCUT2D eigenvalue weighted by atomic mass is 9.84. The summed E-state index contributed by atoms with van der Waals surface area (Å²) in [7, 11) is 0. The SMILES string of the molecule is CC(CC(=O)N1CCSC(C)(C)C1)C1CCNCC1.Cl. The van der Waals surface area contributed by atoms with E-state index in [2.05, 4.69) is 31.0 Å². The van der Waals surface area contributed by atoms with E-state index in [1.165, 1.54) is 12.8 Å². The van der Waals surface area contributed by atoms with E-state index in [1.807, 2.05) is 11.8 Å². The molecule has 1 atom stereocenters. The Bertz CT molecular complexity index is 319. The minimum atomic E-state index is 0. The monoisotopic (exact) mass is 320 g/mol. The van der Waals surface area contributed by atoms with Crippen molar-refractivity contribution in [1.82, 2.24) is 10.2 Å². The Labute approximate surface area is 134 Å². The van der Waals surface area contributed by atoms with Gasteiger partial charge in [-0.2, -0.15) is 11.8 Å². The molecule has 118 valence electrons. The fourth-order valence-electron chi connectivity index (χ4n) is 3.21. The van der Waals surface area contributed by atoms with Gasteiger partial charge in [-0.05, 0) is 51.6 Å². The molecule has 2 aliphatic rings. The maximum Gasteiger partial charge on any atom is 0.222 e. The van der Waals surface area contributed by atoms with Gasteiger partial charge in [-0.1, -0.05) is 6.92 Å². The summed E-state index contributed by atoms with van der Waals surface area (Å²) in [6.45, 7) is 10.8. The Hall–Kier alpha value is 0.0700. The van der Waals surface area contributed by atoms with Gasteiger partial charge >= 0.3 is 0 Å². The Morgan fingerprint density at radius 2 is 2.05 bits per heavy atom. The minimum absolute atomic E-state index is 0. The van der Waals surface area contributed by atoms with E-state index in [9.17, 15) is 4.79 Å². The first-order chi connectivity index (χ1) is 8.98. The summed E-state index contributed by atoms with van der Waals surface area (Å²) < 4.78 is 0.228. The molecule has 0 saturated carbocycles. The second-order valence-electron chi connectivity index (χ2n) is 6.69. The predicted octanol–water partition coefficient (Wildman–Crippen LogP) is 2.79. The van der Waals surface area contributed by atoms with Crippen molar-refractivity contribution in [2.75, 3.05) is 31.9 Å². The highest BCUT2D eigenvalue weighted by Gasteiger charge is 2.31. The van der Waals surface area contributed by atoms with Crippen molar-refractivity contribution in [3.05, 3.63) is 0 Å². The number of rotatable bonds is 3. The molecule has 2 heterocycles. The van der Waals surface area contributed by atoms with E-state index < -0.39 is 0 Å². The van der Waals surface area contributed by atoms with Crippen molar-refractivity contribution in [1.29, 1.82) is 0 Å². The highest BCUT2D eigenvalue weighted by atomic mass is 35.5. The topological polar surface area (TPSA) is 32.3 Å². The van der Waals surface area contributed by atoms with Crippen LogP contribution in [0.25, 0.3) is 0 Å². The van der Waals surface area contributed by atoms with Crippen molar-refractivity contribution < 1.29 is 4.79 Å². The smallest absolute Gasteiger partial charge is 0.222 e. The average Bonchev–Trinajstić information content (AvgIpc) is 2.38. The number of hydrogen-bond acceptors (Lipinski definition) is 3. The molecule has 0 spiro atoms. The van der Waals surface area contributed by atoms with Gasteiger partial charge in [0.05, 0.1) is 0 Å². The van der Waals surface area contributed by atoms with Gasteiger partial charge in [-0.15, -0.1) is 12.4 Å². The van der Waals surface area contributed by atoms with Crippen LogP contribution in [0.15, 0.2) is 0 Å². The van der Waals surface area contributed by atoms with Gasteiger partial charge in [0.15, 0.2) is 0 Å². The fourth-order valence-corrected chi connectivity index (χ4v) is 4.33. The molecule has 5 heteroatoms. The zero-order valence-corrected chi connectivity index (χ0v) is 14.6. The molecule has 3 nitrogen and oxygen atoms in total. The molecule has 0 bridgehead atoms. The zero-order chi connectivity index (χ0) is 13.9. The Kier molecular flexibility index (Phi) is 7.16. The standard InChI is InChI=1S/C15H28N2OS.ClH/c1-12(13-4-6-16-7-5-13)10-14(18)17-8-9-19-15(2,3)11-17;/h12-13,16H,4-11H2,1-3H3;1H. The summed E-state index contributed by atoms with van der Waals surface area (Å²) in [4.78, 5) is 14.5. The van der Waals surface area contributed by atoms with Crippen LogP contribution in [0.1, 0.15) is 40.0 Å². The van der Waals surface area contributed by atoms with Gasteiger partial charge in [0.25, 0.3) is 0 Å². The van der Waals surface area contributed by atoms with E-state index in [0.717, 1.165) is 44.3 Å². The first-order valence-electron chi connectivity index (χ1n) is 7.60. The van der Waals surface area contributed by atoms with E-state index >= 15 is 0 Å². The van der Waals surface area contributed by atoms with Crippen molar-refractivity contribution >= 4 is 30.1 Å². The number of nitrogens with one attached hydrogen (secondary N) is 1. The Morgan fingerprint density at radius 3 is 2.65 bits per heavy atom. The highest BCUT2D eigenvalue weighted by molar-refractivity contribution is 8.00. The van der Waals surface area contributed by atoms with Gasteiger partial charge in [0, 0.05) is 30.0 Å². The number of carbonyl (C=O) groups excluding carboxylic acids is 1. The van der Waals surface area contributed by atoms with Gasteiger partial charge in [-0.25, -0.2) is 0 Å². The first-order valence-corrected chi connectivity index (χ1v) is 8.59. The number of hydrogen-bond donors (Lipinski definition) is 1. The molecule has 20 heavy (non-hydrogen) atoms. The summed E-state index contributed by atoms with van der Waals surface area (Å²) in [5.41, 5.74) is 0. The first kappa shape index (κ1) is 18.1. The molecule has 0 aromatic carbocycles. The number of halogens is 1. The fraction of sp³-hybridized carbons (Fsp3) is 0.933. The van der Waals surface area contributed by atoms with E-state index in [0.29, 0.717) is 11.8 Å².